The molecule has 6 nitrogen and oxygen atoms in total. The molecule has 0 unspecified atom stereocenters. The molecule has 1 N–H and O–H groups in total. The van der Waals surface area contributed by atoms with Crippen molar-refractivity contribution in [2.45, 2.75) is 64.1 Å². The Morgan fingerprint density at radius 1 is 1.11 bits per heavy atom. The second kappa shape index (κ2) is 11.0. The molecule has 0 aliphatic carbocycles. The lowest BCUT2D eigenvalue weighted by atomic mass is 9.98. The largest absolute Gasteiger partial charge is 0.302 e. The summed E-state index contributed by atoms with van der Waals surface area (Å²) in [4.78, 5) is 21.5. The van der Waals surface area contributed by atoms with E-state index in [1.54, 1.807) is 31.2 Å². The quantitative estimate of drug-likeness (QED) is 0.361. The first-order valence-electron chi connectivity index (χ1n) is 12.2. The average molecular weight is 546 g/mol. The van der Waals surface area contributed by atoms with Crippen molar-refractivity contribution >= 4 is 43.8 Å². The SMILES string of the molecule is CCS(=O)(=O)c1ccc(CC(=O)Nc2nc3c(s2)CN([C@H](C)Cc2ccc(Cl)cc2)[C@H]3C(C)C)cc1. The van der Waals surface area contributed by atoms with Crippen molar-refractivity contribution in [2.24, 2.45) is 5.92 Å². The normalized spacial score (nSPS) is 16.8. The highest BCUT2D eigenvalue weighted by atomic mass is 35.5. The lowest BCUT2D eigenvalue weighted by Gasteiger charge is -2.33. The Hall–Kier alpha value is -2.26. The maximum Gasteiger partial charge on any atom is 0.230 e. The third-order valence-corrected chi connectivity index (χ3v) is 9.58. The van der Waals surface area contributed by atoms with Crippen molar-refractivity contribution in [3.63, 3.8) is 0 Å². The third kappa shape index (κ3) is 5.99. The van der Waals surface area contributed by atoms with E-state index in [1.165, 1.54) is 21.8 Å². The summed E-state index contributed by atoms with van der Waals surface area (Å²) in [6.07, 6.45) is 1.09. The number of benzene rings is 2. The van der Waals surface area contributed by atoms with Gasteiger partial charge in [-0.05, 0) is 54.7 Å². The van der Waals surface area contributed by atoms with Crippen LogP contribution in [0.4, 0.5) is 5.13 Å². The lowest BCUT2D eigenvalue weighted by Crippen LogP contribution is -2.35. The molecule has 1 aliphatic rings. The molecule has 4 rings (SSSR count). The zero-order valence-corrected chi connectivity index (χ0v) is 23.4. The molecule has 0 saturated heterocycles. The predicted octanol–water partition coefficient (Wildman–Crippen LogP) is 5.92. The van der Waals surface area contributed by atoms with Crippen LogP contribution >= 0.6 is 22.9 Å². The number of halogens is 1. The van der Waals surface area contributed by atoms with Gasteiger partial charge in [0, 0.05) is 22.5 Å². The molecule has 0 saturated carbocycles. The molecule has 192 valence electrons. The fourth-order valence-corrected chi connectivity index (χ4v) is 6.76. The van der Waals surface area contributed by atoms with Gasteiger partial charge in [-0.3, -0.25) is 9.69 Å². The second-order valence-electron chi connectivity index (χ2n) is 9.64. The molecule has 2 atom stereocenters. The van der Waals surface area contributed by atoms with Crippen LogP contribution in [0.15, 0.2) is 53.4 Å². The number of carbonyl (C=O) groups is 1. The van der Waals surface area contributed by atoms with Gasteiger partial charge in [0.05, 0.1) is 28.8 Å². The first-order chi connectivity index (χ1) is 17.1. The molecule has 2 aromatic carbocycles. The van der Waals surface area contributed by atoms with Gasteiger partial charge in [0.25, 0.3) is 0 Å². The van der Waals surface area contributed by atoms with Crippen molar-refractivity contribution in [1.29, 1.82) is 0 Å². The smallest absolute Gasteiger partial charge is 0.230 e. The van der Waals surface area contributed by atoms with Crippen molar-refractivity contribution < 1.29 is 13.2 Å². The van der Waals surface area contributed by atoms with Crippen molar-refractivity contribution in [1.82, 2.24) is 9.88 Å². The van der Waals surface area contributed by atoms with Crippen LogP contribution in [0.3, 0.4) is 0 Å². The van der Waals surface area contributed by atoms with Gasteiger partial charge in [-0.1, -0.05) is 56.6 Å². The van der Waals surface area contributed by atoms with Crippen LogP contribution in [0, 0.1) is 5.92 Å². The van der Waals surface area contributed by atoms with Gasteiger partial charge in [-0.25, -0.2) is 13.4 Å². The Balaban J connectivity index is 1.41. The highest BCUT2D eigenvalue weighted by Crippen LogP contribution is 2.43. The number of thiazole rings is 1. The fraction of sp³-hybridized carbons (Fsp3) is 0.407. The van der Waals surface area contributed by atoms with E-state index in [9.17, 15) is 13.2 Å². The van der Waals surface area contributed by atoms with E-state index >= 15 is 0 Å². The van der Waals surface area contributed by atoms with E-state index < -0.39 is 9.84 Å². The Morgan fingerprint density at radius 2 is 1.75 bits per heavy atom. The van der Waals surface area contributed by atoms with E-state index in [4.69, 9.17) is 16.6 Å². The average Bonchev–Trinajstić information content (AvgIpc) is 3.38. The zero-order valence-electron chi connectivity index (χ0n) is 21.0. The number of hydrogen-bond donors (Lipinski definition) is 1. The van der Waals surface area contributed by atoms with Crippen molar-refractivity contribution in [3.8, 4) is 0 Å². The van der Waals surface area contributed by atoms with E-state index in [0.29, 0.717) is 17.1 Å². The molecule has 1 aromatic heterocycles. The first-order valence-corrected chi connectivity index (χ1v) is 15.0. The molecular weight excluding hydrogens is 514 g/mol. The van der Waals surface area contributed by atoms with E-state index in [0.717, 1.165) is 29.2 Å². The summed E-state index contributed by atoms with van der Waals surface area (Å²) < 4.78 is 24.0. The second-order valence-corrected chi connectivity index (χ2v) is 13.4. The predicted molar refractivity (Wildman–Crippen MR) is 146 cm³/mol. The molecule has 9 heteroatoms. The number of fused-ring (bicyclic) bond motifs is 1. The maximum absolute atomic E-state index is 12.7. The first kappa shape index (κ1) is 26.8. The molecule has 2 heterocycles. The van der Waals surface area contributed by atoms with Crippen molar-refractivity contribution in [2.75, 3.05) is 11.1 Å². The van der Waals surface area contributed by atoms with Gasteiger partial charge < -0.3 is 5.32 Å². The van der Waals surface area contributed by atoms with Gasteiger partial charge in [0.1, 0.15) is 0 Å². The molecule has 3 aromatic rings. The van der Waals surface area contributed by atoms with E-state index in [-0.39, 0.29) is 29.0 Å². The van der Waals surface area contributed by atoms with Crippen LogP contribution in [0.5, 0.6) is 0 Å². The number of hydrogen-bond acceptors (Lipinski definition) is 6. The van der Waals surface area contributed by atoms with E-state index in [2.05, 4.69) is 43.1 Å². The monoisotopic (exact) mass is 545 g/mol. The lowest BCUT2D eigenvalue weighted by molar-refractivity contribution is -0.115. The van der Waals surface area contributed by atoms with Gasteiger partial charge in [-0.15, -0.1) is 11.3 Å². The number of anilines is 1. The Kier molecular flexibility index (Phi) is 8.19. The van der Waals surface area contributed by atoms with Crippen LogP contribution in [-0.4, -0.2) is 36.0 Å². The minimum absolute atomic E-state index is 0.0518. The summed E-state index contributed by atoms with van der Waals surface area (Å²) >= 11 is 7.58. The number of carbonyl (C=O) groups excluding carboxylic acids is 1. The summed E-state index contributed by atoms with van der Waals surface area (Å²) in [5.41, 5.74) is 3.07. The van der Waals surface area contributed by atoms with E-state index in [1.807, 2.05) is 12.1 Å². The topological polar surface area (TPSA) is 79.4 Å². The summed E-state index contributed by atoms with van der Waals surface area (Å²) in [5, 5.41) is 4.31. The number of nitrogens with zero attached hydrogens (tertiary/aromatic N) is 2. The molecule has 1 amide bonds. The molecule has 1 aliphatic heterocycles. The van der Waals surface area contributed by atoms with Gasteiger partial charge in [0.2, 0.25) is 5.91 Å². The van der Waals surface area contributed by atoms with Gasteiger partial charge >= 0.3 is 0 Å². The highest BCUT2D eigenvalue weighted by molar-refractivity contribution is 7.91. The summed E-state index contributed by atoms with van der Waals surface area (Å²) in [7, 11) is -3.25. The van der Waals surface area contributed by atoms with Crippen LogP contribution < -0.4 is 5.32 Å². The van der Waals surface area contributed by atoms with Crippen LogP contribution in [0.25, 0.3) is 0 Å². The molecule has 0 fully saturated rings. The molecule has 0 radical (unpaired) electrons. The van der Waals surface area contributed by atoms with Gasteiger partial charge in [0.15, 0.2) is 15.0 Å². The summed E-state index contributed by atoms with van der Waals surface area (Å²) in [6.45, 7) is 9.10. The number of rotatable bonds is 9. The third-order valence-electron chi connectivity index (χ3n) is 6.61. The number of amides is 1. The standard InChI is InChI=1S/C27H32ClN3O3S2/c1-5-36(33,34)22-12-8-20(9-13-22)15-24(32)29-27-30-25-23(35-27)16-31(26(25)17(2)3)18(4)14-19-6-10-21(28)11-7-19/h6-13,17-18,26H,5,14-16H2,1-4H3,(H,29,30,32)/t18-,26+/m1/s1. The van der Waals surface area contributed by atoms with Gasteiger partial charge in [-0.2, -0.15) is 0 Å². The fourth-order valence-electron chi connectivity index (χ4n) is 4.72. The van der Waals surface area contributed by atoms with Crippen LogP contribution in [-0.2, 0) is 34.0 Å². The Labute approximate surface area is 222 Å². The molecular formula is C27H32ClN3O3S2. The molecule has 0 bridgehead atoms. The molecule has 36 heavy (non-hydrogen) atoms. The maximum atomic E-state index is 12.7. The van der Waals surface area contributed by atoms with Crippen LogP contribution in [0.2, 0.25) is 5.02 Å². The zero-order chi connectivity index (χ0) is 26.0. The minimum Gasteiger partial charge on any atom is -0.302 e. The Morgan fingerprint density at radius 3 is 2.36 bits per heavy atom. The number of aromatic nitrogens is 1. The van der Waals surface area contributed by atoms with Crippen molar-refractivity contribution in [3.05, 3.63) is 75.3 Å². The highest BCUT2D eigenvalue weighted by Gasteiger charge is 2.38. The molecule has 0 spiro atoms. The van der Waals surface area contributed by atoms with Crippen LogP contribution in [0.1, 0.15) is 55.4 Å². The number of nitrogens with one attached hydrogen (secondary N) is 1. The number of sulfone groups is 1. The minimum atomic E-state index is -3.25. The Bertz CT molecular complexity index is 1320. The summed E-state index contributed by atoms with van der Waals surface area (Å²) in [6, 6.07) is 15.1. The summed E-state index contributed by atoms with van der Waals surface area (Å²) in [5.74, 6) is 0.265.